The molecule has 0 saturated carbocycles. The van der Waals surface area contributed by atoms with Gasteiger partial charge in [-0.2, -0.15) is 5.10 Å². The third-order valence-electron chi connectivity index (χ3n) is 4.31. The number of rotatable bonds is 4. The van der Waals surface area contributed by atoms with Crippen molar-refractivity contribution in [2.24, 2.45) is 0 Å². The Morgan fingerprint density at radius 2 is 2.17 bits per heavy atom. The van der Waals surface area contributed by atoms with Crippen molar-refractivity contribution in [3.05, 3.63) is 17.5 Å². The number of carbonyl (C=O) groups is 2. The van der Waals surface area contributed by atoms with E-state index in [2.05, 4.69) is 31.0 Å². The lowest BCUT2D eigenvalue weighted by Crippen LogP contribution is -2.44. The summed E-state index contributed by atoms with van der Waals surface area (Å²) in [6.45, 7) is 7.18. The number of aliphatic hydroxyl groups is 1. The van der Waals surface area contributed by atoms with Gasteiger partial charge in [0.15, 0.2) is 0 Å². The second-order valence-corrected chi connectivity index (χ2v) is 7.55. The molecule has 0 aliphatic carbocycles. The van der Waals surface area contributed by atoms with Gasteiger partial charge in [-0.1, -0.05) is 20.8 Å². The molecule has 1 aromatic heterocycles. The Kier molecular flexibility index (Phi) is 5.64. The smallest absolute Gasteiger partial charge is 0.251 e. The number of aromatic amines is 1. The van der Waals surface area contributed by atoms with Gasteiger partial charge in [0, 0.05) is 19.0 Å². The lowest BCUT2D eigenvalue weighted by molar-refractivity contribution is -0.145. The summed E-state index contributed by atoms with van der Waals surface area (Å²) < 4.78 is 0. The molecule has 2 rings (SSSR count). The van der Waals surface area contributed by atoms with E-state index < -0.39 is 6.10 Å². The van der Waals surface area contributed by atoms with Gasteiger partial charge in [-0.25, -0.2) is 0 Å². The Labute approximate surface area is 143 Å². The molecule has 1 atom stereocenters. The number of aromatic nitrogens is 2. The van der Waals surface area contributed by atoms with Crippen LogP contribution in [0.15, 0.2) is 6.07 Å². The number of nitrogens with zero attached hydrogens (tertiary/aromatic N) is 3. The van der Waals surface area contributed by atoms with Gasteiger partial charge in [-0.05, 0) is 25.3 Å². The van der Waals surface area contributed by atoms with E-state index in [0.717, 1.165) is 24.2 Å². The molecule has 2 amide bonds. The molecule has 7 heteroatoms. The maximum atomic E-state index is 12.4. The first-order chi connectivity index (χ1) is 11.2. The van der Waals surface area contributed by atoms with Crippen LogP contribution in [0.3, 0.4) is 0 Å². The first kappa shape index (κ1) is 18.4. The van der Waals surface area contributed by atoms with E-state index in [4.69, 9.17) is 0 Å². The average Bonchev–Trinajstić information content (AvgIpc) is 2.91. The Morgan fingerprint density at radius 3 is 2.79 bits per heavy atom. The first-order valence-corrected chi connectivity index (χ1v) is 8.44. The van der Waals surface area contributed by atoms with E-state index in [9.17, 15) is 14.7 Å². The van der Waals surface area contributed by atoms with Crippen LogP contribution in [-0.2, 0) is 21.5 Å². The predicted octanol–water partition coefficient (Wildman–Crippen LogP) is 1.04. The fourth-order valence-corrected chi connectivity index (χ4v) is 2.70. The lowest BCUT2D eigenvalue weighted by atomic mass is 9.92. The van der Waals surface area contributed by atoms with Crippen LogP contribution in [0.1, 0.15) is 51.4 Å². The molecule has 0 spiro atoms. The predicted molar refractivity (Wildman–Crippen MR) is 90.2 cm³/mol. The summed E-state index contributed by atoms with van der Waals surface area (Å²) in [5.74, 6) is -0.491. The SMILES string of the molecule is CN(Cc1cc(C(C)(C)C)n[nH]1)C(=O)CN1CCCCC(O)C1=O. The van der Waals surface area contributed by atoms with Crippen molar-refractivity contribution in [1.82, 2.24) is 20.0 Å². The van der Waals surface area contributed by atoms with Crippen LogP contribution in [0, 0.1) is 0 Å². The van der Waals surface area contributed by atoms with E-state index in [1.165, 1.54) is 4.90 Å². The summed E-state index contributed by atoms with van der Waals surface area (Å²) in [4.78, 5) is 27.5. The van der Waals surface area contributed by atoms with Gasteiger partial charge in [-0.3, -0.25) is 14.7 Å². The standard InChI is InChI=1S/C17H28N4O3/c1-17(2,3)14-9-12(18-19-14)10-20(4)15(23)11-21-8-6-5-7-13(22)16(21)24/h9,13,22H,5-8,10-11H2,1-4H3,(H,18,19). The highest BCUT2D eigenvalue weighted by atomic mass is 16.3. The van der Waals surface area contributed by atoms with Crippen LogP contribution >= 0.6 is 0 Å². The van der Waals surface area contributed by atoms with Crippen molar-refractivity contribution in [3.8, 4) is 0 Å². The first-order valence-electron chi connectivity index (χ1n) is 8.44. The molecule has 0 radical (unpaired) electrons. The summed E-state index contributed by atoms with van der Waals surface area (Å²) in [6.07, 6.45) is 1.11. The van der Waals surface area contributed by atoms with E-state index in [-0.39, 0.29) is 23.8 Å². The molecule has 1 aliphatic heterocycles. The van der Waals surface area contributed by atoms with Crippen molar-refractivity contribution in [1.29, 1.82) is 0 Å². The summed E-state index contributed by atoms with van der Waals surface area (Å²) in [5, 5.41) is 17.0. The molecule has 0 bridgehead atoms. The van der Waals surface area contributed by atoms with Crippen LogP contribution in [0.5, 0.6) is 0 Å². The molecule has 7 nitrogen and oxygen atoms in total. The molecule has 1 saturated heterocycles. The maximum absolute atomic E-state index is 12.4. The minimum atomic E-state index is -0.979. The molecule has 1 unspecified atom stereocenters. The van der Waals surface area contributed by atoms with E-state index in [1.807, 2.05) is 6.07 Å². The van der Waals surface area contributed by atoms with Crippen LogP contribution in [0.25, 0.3) is 0 Å². The minimum absolute atomic E-state index is 0.00661. The molecular weight excluding hydrogens is 308 g/mol. The number of likely N-dealkylation sites (N-methyl/N-ethyl adjacent to an activating group) is 1. The minimum Gasteiger partial charge on any atom is -0.383 e. The van der Waals surface area contributed by atoms with Crippen molar-refractivity contribution in [3.63, 3.8) is 0 Å². The summed E-state index contributed by atoms with van der Waals surface area (Å²) in [7, 11) is 1.71. The van der Waals surface area contributed by atoms with Gasteiger partial charge in [0.25, 0.3) is 5.91 Å². The maximum Gasteiger partial charge on any atom is 0.251 e. The molecule has 24 heavy (non-hydrogen) atoms. The zero-order valence-corrected chi connectivity index (χ0v) is 15.0. The van der Waals surface area contributed by atoms with Crippen molar-refractivity contribution < 1.29 is 14.7 Å². The molecule has 0 aromatic carbocycles. The van der Waals surface area contributed by atoms with Crippen LogP contribution < -0.4 is 0 Å². The Hall–Kier alpha value is -1.89. The fourth-order valence-electron chi connectivity index (χ4n) is 2.70. The van der Waals surface area contributed by atoms with Crippen molar-refractivity contribution >= 4 is 11.8 Å². The van der Waals surface area contributed by atoms with Crippen LogP contribution in [0.2, 0.25) is 0 Å². The zero-order chi connectivity index (χ0) is 17.9. The highest BCUT2D eigenvalue weighted by Crippen LogP contribution is 2.20. The number of hydrogen-bond donors (Lipinski definition) is 2. The Morgan fingerprint density at radius 1 is 1.46 bits per heavy atom. The third-order valence-corrected chi connectivity index (χ3v) is 4.31. The van der Waals surface area contributed by atoms with Gasteiger partial charge in [0.05, 0.1) is 24.5 Å². The normalized spacial score (nSPS) is 19.3. The van der Waals surface area contributed by atoms with E-state index >= 15 is 0 Å². The largest absolute Gasteiger partial charge is 0.383 e. The van der Waals surface area contributed by atoms with Crippen LogP contribution in [0.4, 0.5) is 0 Å². The number of nitrogens with one attached hydrogen (secondary N) is 1. The van der Waals surface area contributed by atoms with Gasteiger partial charge in [0.1, 0.15) is 6.10 Å². The van der Waals surface area contributed by atoms with Gasteiger partial charge < -0.3 is 14.9 Å². The molecule has 1 aromatic rings. The molecule has 1 fully saturated rings. The number of likely N-dealkylation sites (tertiary alicyclic amines) is 1. The molecule has 2 heterocycles. The molecule has 1 aliphatic rings. The quantitative estimate of drug-likeness (QED) is 0.860. The summed E-state index contributed by atoms with van der Waals surface area (Å²) >= 11 is 0. The fraction of sp³-hybridized carbons (Fsp3) is 0.706. The summed E-state index contributed by atoms with van der Waals surface area (Å²) in [6, 6.07) is 1.96. The Bertz CT molecular complexity index is 591. The van der Waals surface area contributed by atoms with Crippen LogP contribution in [-0.4, -0.2) is 63.2 Å². The van der Waals surface area contributed by atoms with E-state index in [1.54, 1.807) is 11.9 Å². The van der Waals surface area contributed by atoms with Crippen molar-refractivity contribution in [2.45, 2.75) is 58.1 Å². The van der Waals surface area contributed by atoms with Gasteiger partial charge in [-0.15, -0.1) is 0 Å². The second kappa shape index (κ2) is 7.34. The highest BCUT2D eigenvalue weighted by Gasteiger charge is 2.27. The topological polar surface area (TPSA) is 89.5 Å². The average molecular weight is 336 g/mol. The molecular formula is C17H28N4O3. The van der Waals surface area contributed by atoms with Crippen molar-refractivity contribution in [2.75, 3.05) is 20.1 Å². The molecule has 134 valence electrons. The number of H-pyrrole nitrogens is 1. The second-order valence-electron chi connectivity index (χ2n) is 7.55. The highest BCUT2D eigenvalue weighted by molar-refractivity contribution is 5.87. The van der Waals surface area contributed by atoms with E-state index in [0.29, 0.717) is 19.5 Å². The molecule has 2 N–H and O–H groups in total. The van der Waals surface area contributed by atoms with Gasteiger partial charge >= 0.3 is 0 Å². The summed E-state index contributed by atoms with van der Waals surface area (Å²) in [5.41, 5.74) is 1.76. The number of amides is 2. The number of carbonyl (C=O) groups excluding carboxylic acids is 2. The number of aliphatic hydroxyl groups excluding tert-OH is 1. The third kappa shape index (κ3) is 4.56. The Balaban J connectivity index is 1.94. The van der Waals surface area contributed by atoms with Gasteiger partial charge in [0.2, 0.25) is 5.91 Å². The number of hydrogen-bond acceptors (Lipinski definition) is 4. The lowest BCUT2D eigenvalue weighted by Gasteiger charge is -2.24. The monoisotopic (exact) mass is 336 g/mol. The zero-order valence-electron chi connectivity index (χ0n) is 15.0.